The molecular weight excluding hydrogens is 562 g/mol. The molecule has 1 saturated heterocycles. The first-order chi connectivity index (χ1) is 21.4. The summed E-state index contributed by atoms with van der Waals surface area (Å²) in [4.78, 5) is 34.3. The van der Waals surface area contributed by atoms with Crippen LogP contribution >= 0.6 is 0 Å². The van der Waals surface area contributed by atoms with Crippen LogP contribution in [-0.2, 0) is 20.8 Å². The zero-order valence-corrected chi connectivity index (χ0v) is 28.0. The lowest BCUT2D eigenvalue weighted by atomic mass is 9.85. The van der Waals surface area contributed by atoms with Crippen molar-refractivity contribution in [2.45, 2.75) is 105 Å². The van der Waals surface area contributed by atoms with Gasteiger partial charge < -0.3 is 19.7 Å². The van der Waals surface area contributed by atoms with Crippen molar-refractivity contribution in [1.29, 1.82) is 0 Å². The summed E-state index contributed by atoms with van der Waals surface area (Å²) < 4.78 is 12.3. The van der Waals surface area contributed by atoms with Crippen LogP contribution in [0.4, 0.5) is 5.69 Å². The van der Waals surface area contributed by atoms with Crippen LogP contribution in [0.5, 0.6) is 0 Å². The predicted octanol–water partition coefficient (Wildman–Crippen LogP) is 7.87. The fourth-order valence-electron chi connectivity index (χ4n) is 7.03. The van der Waals surface area contributed by atoms with E-state index in [2.05, 4.69) is 10.2 Å². The van der Waals surface area contributed by atoms with E-state index in [-0.39, 0.29) is 12.0 Å². The molecule has 2 fully saturated rings. The second kappa shape index (κ2) is 13.3. The van der Waals surface area contributed by atoms with Gasteiger partial charge in [-0.2, -0.15) is 0 Å². The largest absolute Gasteiger partial charge is 0.461 e. The van der Waals surface area contributed by atoms with Gasteiger partial charge in [-0.25, -0.2) is 4.79 Å². The minimum absolute atomic E-state index is 0.122. The molecule has 0 radical (unpaired) electrons. The normalized spacial score (nSPS) is 16.8. The van der Waals surface area contributed by atoms with Gasteiger partial charge in [0.2, 0.25) is 0 Å². The molecule has 1 aliphatic carbocycles. The number of nitrogens with one attached hydrogen (secondary N) is 1. The van der Waals surface area contributed by atoms with Crippen molar-refractivity contribution in [1.82, 2.24) is 10.3 Å². The van der Waals surface area contributed by atoms with E-state index < -0.39 is 17.7 Å². The number of ether oxygens (including phenoxy) is 2. The predicted molar refractivity (Wildman–Crippen MR) is 179 cm³/mol. The number of aryl methyl sites for hydroxylation is 2. The summed E-state index contributed by atoms with van der Waals surface area (Å²) in [5.74, 6) is -0.524. The smallest absolute Gasteiger partial charge is 0.340 e. The van der Waals surface area contributed by atoms with Gasteiger partial charge in [-0.3, -0.25) is 9.78 Å². The molecule has 1 spiro atoms. The lowest BCUT2D eigenvalue weighted by molar-refractivity contribution is -0.171. The first-order valence-corrected chi connectivity index (χ1v) is 16.4. The monoisotopic (exact) mass is 611 g/mol. The Hall–Kier alpha value is -3.71. The SMILES string of the molecule is Cc1nc(C)c(C(OC(C)(C)C)C(=O)OC(C)C)c(N2CCC3(CCCC3)C2)c1-c1ccc(C(=O)NCc2ccccc2)cc1. The molecule has 5 rings (SSSR count). The molecule has 7 heteroatoms. The maximum atomic E-state index is 13.8. The summed E-state index contributed by atoms with van der Waals surface area (Å²) in [7, 11) is 0. The Morgan fingerprint density at radius 1 is 0.956 bits per heavy atom. The lowest BCUT2D eigenvalue weighted by Gasteiger charge is -2.34. The van der Waals surface area contributed by atoms with Gasteiger partial charge in [-0.1, -0.05) is 55.3 Å². The summed E-state index contributed by atoms with van der Waals surface area (Å²) >= 11 is 0. The maximum absolute atomic E-state index is 13.8. The number of anilines is 1. The molecule has 7 nitrogen and oxygen atoms in total. The van der Waals surface area contributed by atoms with E-state index in [4.69, 9.17) is 14.5 Å². The highest BCUT2D eigenvalue weighted by Crippen LogP contribution is 2.50. The maximum Gasteiger partial charge on any atom is 0.340 e. The molecule has 3 aromatic rings. The topological polar surface area (TPSA) is 80.8 Å². The average Bonchev–Trinajstić information content (AvgIpc) is 3.63. The fourth-order valence-corrected chi connectivity index (χ4v) is 7.03. The number of aromatic nitrogens is 1. The molecule has 0 bridgehead atoms. The number of carbonyl (C=O) groups excluding carboxylic acids is 2. The van der Waals surface area contributed by atoms with Crippen LogP contribution in [-0.4, -0.2) is 41.7 Å². The number of esters is 1. The molecule has 1 N–H and O–H groups in total. The van der Waals surface area contributed by atoms with Gasteiger partial charge in [0.1, 0.15) is 0 Å². The van der Waals surface area contributed by atoms with Crippen molar-refractivity contribution in [2.75, 3.05) is 18.0 Å². The van der Waals surface area contributed by atoms with Crippen LogP contribution in [0.3, 0.4) is 0 Å². The van der Waals surface area contributed by atoms with E-state index in [1.807, 2.05) is 103 Å². The Balaban J connectivity index is 1.58. The minimum Gasteiger partial charge on any atom is -0.461 e. The molecule has 1 atom stereocenters. The Kier molecular flexibility index (Phi) is 9.68. The van der Waals surface area contributed by atoms with Gasteiger partial charge in [0.25, 0.3) is 5.91 Å². The van der Waals surface area contributed by atoms with Crippen LogP contribution in [0.2, 0.25) is 0 Å². The third kappa shape index (κ3) is 7.58. The van der Waals surface area contributed by atoms with Crippen molar-refractivity contribution in [3.05, 3.63) is 82.7 Å². The standard InChI is InChI=1S/C38H49N3O4/c1-25(2)44-36(43)34(45-37(5,6)7)32-27(4)40-26(3)31(33(32)41-22-21-38(24-41)19-11-12-20-38)29-15-17-30(18-16-29)35(42)39-23-28-13-9-8-10-14-28/h8-10,13-18,25,34H,11-12,19-24H2,1-7H3,(H,39,42). The molecule has 45 heavy (non-hydrogen) atoms. The highest BCUT2D eigenvalue weighted by atomic mass is 16.6. The van der Waals surface area contributed by atoms with Crippen molar-refractivity contribution >= 4 is 17.6 Å². The highest BCUT2D eigenvalue weighted by molar-refractivity contribution is 5.95. The first-order valence-electron chi connectivity index (χ1n) is 16.4. The number of pyridine rings is 1. The lowest BCUT2D eigenvalue weighted by Crippen LogP contribution is -2.33. The zero-order chi connectivity index (χ0) is 32.4. The third-order valence-electron chi connectivity index (χ3n) is 9.03. The van der Waals surface area contributed by atoms with Crippen LogP contribution in [0.25, 0.3) is 11.1 Å². The molecule has 2 aliphatic rings. The number of hydrogen-bond acceptors (Lipinski definition) is 6. The fraction of sp³-hybridized carbons (Fsp3) is 0.500. The highest BCUT2D eigenvalue weighted by Gasteiger charge is 2.43. The minimum atomic E-state index is -0.933. The summed E-state index contributed by atoms with van der Waals surface area (Å²) in [5, 5.41) is 3.02. The zero-order valence-electron chi connectivity index (χ0n) is 28.0. The molecule has 1 aliphatic heterocycles. The van der Waals surface area contributed by atoms with E-state index in [1.165, 1.54) is 25.7 Å². The summed E-state index contributed by atoms with van der Waals surface area (Å²) in [6.45, 7) is 15.9. The number of carbonyl (C=O) groups is 2. The van der Waals surface area contributed by atoms with Crippen LogP contribution < -0.4 is 10.2 Å². The Morgan fingerprint density at radius 2 is 1.62 bits per heavy atom. The molecule has 2 aromatic carbocycles. The van der Waals surface area contributed by atoms with Crippen molar-refractivity contribution < 1.29 is 19.1 Å². The molecule has 240 valence electrons. The third-order valence-corrected chi connectivity index (χ3v) is 9.03. The van der Waals surface area contributed by atoms with Crippen molar-refractivity contribution in [2.24, 2.45) is 5.41 Å². The summed E-state index contributed by atoms with van der Waals surface area (Å²) in [6.07, 6.45) is 4.94. The van der Waals surface area contributed by atoms with Gasteiger partial charge >= 0.3 is 5.97 Å². The number of rotatable bonds is 9. The van der Waals surface area contributed by atoms with Gasteiger partial charge in [0, 0.05) is 47.7 Å². The second-order valence-corrected chi connectivity index (χ2v) is 14.1. The Morgan fingerprint density at radius 3 is 2.24 bits per heavy atom. The first kappa shape index (κ1) is 32.7. The molecule has 1 unspecified atom stereocenters. The van der Waals surface area contributed by atoms with E-state index in [0.29, 0.717) is 17.5 Å². The number of hydrogen-bond donors (Lipinski definition) is 1. The second-order valence-electron chi connectivity index (χ2n) is 14.1. The average molecular weight is 612 g/mol. The number of benzene rings is 2. The molecule has 1 saturated carbocycles. The summed E-state index contributed by atoms with van der Waals surface area (Å²) in [5.41, 5.74) is 6.70. The number of nitrogens with zero attached hydrogens (tertiary/aromatic N) is 2. The number of amides is 1. The Bertz CT molecular complexity index is 1500. The van der Waals surface area contributed by atoms with Crippen LogP contribution in [0.1, 0.15) is 106 Å². The van der Waals surface area contributed by atoms with E-state index in [9.17, 15) is 9.59 Å². The molecule has 1 amide bonds. The van der Waals surface area contributed by atoms with Gasteiger partial charge in [0.05, 0.1) is 17.4 Å². The van der Waals surface area contributed by atoms with E-state index in [1.54, 1.807) is 0 Å². The van der Waals surface area contributed by atoms with Crippen LogP contribution in [0, 0.1) is 19.3 Å². The van der Waals surface area contributed by atoms with Gasteiger partial charge in [-0.15, -0.1) is 0 Å². The molecule has 2 heterocycles. The Labute approximate surface area is 268 Å². The van der Waals surface area contributed by atoms with Crippen molar-refractivity contribution in [3.8, 4) is 11.1 Å². The van der Waals surface area contributed by atoms with E-state index in [0.717, 1.165) is 58.8 Å². The molecule has 1 aromatic heterocycles. The van der Waals surface area contributed by atoms with Crippen molar-refractivity contribution in [3.63, 3.8) is 0 Å². The van der Waals surface area contributed by atoms with Crippen LogP contribution in [0.15, 0.2) is 54.6 Å². The van der Waals surface area contributed by atoms with E-state index >= 15 is 0 Å². The quantitative estimate of drug-likeness (QED) is 0.248. The molecular formula is C38H49N3O4. The summed E-state index contributed by atoms with van der Waals surface area (Å²) in [6, 6.07) is 17.6. The van der Waals surface area contributed by atoms with Gasteiger partial charge in [-0.05, 0) is 96.4 Å². The van der Waals surface area contributed by atoms with Gasteiger partial charge in [0.15, 0.2) is 6.10 Å².